The highest BCUT2D eigenvalue weighted by atomic mass is 16.4. The van der Waals surface area contributed by atoms with E-state index in [0.29, 0.717) is 0 Å². The Kier molecular flexibility index (Phi) is 4.50. The standard InChI is InChI=1S/C7H10NO5/c1-8(4-9)5(7(12)13)2-3-6(10)11/h5H,2-3H2,1H3,(H,10,11)(H,12,13). The minimum Gasteiger partial charge on any atom is -0.481 e. The summed E-state index contributed by atoms with van der Waals surface area (Å²) >= 11 is 0. The van der Waals surface area contributed by atoms with E-state index < -0.39 is 18.0 Å². The third-order valence-electron chi connectivity index (χ3n) is 1.53. The zero-order chi connectivity index (χ0) is 10.4. The summed E-state index contributed by atoms with van der Waals surface area (Å²) in [6.07, 6.45) is 0.976. The van der Waals surface area contributed by atoms with Crippen molar-refractivity contribution in [3.05, 3.63) is 0 Å². The second kappa shape index (κ2) is 5.13. The Labute approximate surface area is 74.8 Å². The zero-order valence-electron chi connectivity index (χ0n) is 7.06. The van der Waals surface area contributed by atoms with Gasteiger partial charge in [-0.05, 0) is 6.42 Å². The van der Waals surface area contributed by atoms with E-state index in [2.05, 4.69) is 0 Å². The van der Waals surface area contributed by atoms with Gasteiger partial charge in [-0.15, -0.1) is 0 Å². The number of hydrogen-bond donors (Lipinski definition) is 2. The van der Waals surface area contributed by atoms with Crippen LogP contribution in [0.3, 0.4) is 0 Å². The molecular formula is C7H10NO5. The molecule has 0 saturated heterocycles. The highest BCUT2D eigenvalue weighted by Gasteiger charge is 2.22. The quantitative estimate of drug-likeness (QED) is 0.537. The van der Waals surface area contributed by atoms with Crippen molar-refractivity contribution in [2.24, 2.45) is 0 Å². The molecule has 73 valence electrons. The van der Waals surface area contributed by atoms with Crippen LogP contribution < -0.4 is 0 Å². The molecule has 2 N–H and O–H groups in total. The largest absolute Gasteiger partial charge is 0.481 e. The van der Waals surface area contributed by atoms with Gasteiger partial charge in [-0.2, -0.15) is 0 Å². The Morgan fingerprint density at radius 1 is 1.46 bits per heavy atom. The number of rotatable bonds is 6. The van der Waals surface area contributed by atoms with Gasteiger partial charge >= 0.3 is 18.3 Å². The minimum absolute atomic E-state index is 0.115. The maximum Gasteiger partial charge on any atom is 0.326 e. The van der Waals surface area contributed by atoms with Crippen molar-refractivity contribution in [1.82, 2.24) is 4.90 Å². The highest BCUT2D eigenvalue weighted by molar-refractivity contribution is 5.77. The van der Waals surface area contributed by atoms with Gasteiger partial charge in [0.05, 0.1) is 0 Å². The van der Waals surface area contributed by atoms with Crippen LogP contribution in [0.25, 0.3) is 0 Å². The van der Waals surface area contributed by atoms with Crippen LogP contribution in [-0.2, 0) is 14.4 Å². The smallest absolute Gasteiger partial charge is 0.326 e. The number of carboxylic acid groups (broad SMARTS) is 2. The molecule has 0 saturated carbocycles. The fraction of sp³-hybridized carbons (Fsp3) is 0.571. The molecule has 0 bridgehead atoms. The molecule has 0 aromatic heterocycles. The first-order chi connectivity index (χ1) is 5.99. The molecule has 6 heteroatoms. The molecule has 0 heterocycles. The van der Waals surface area contributed by atoms with Gasteiger partial charge in [0.2, 0.25) is 0 Å². The van der Waals surface area contributed by atoms with Gasteiger partial charge < -0.3 is 15.1 Å². The first-order valence-electron chi connectivity index (χ1n) is 3.54. The van der Waals surface area contributed by atoms with Crippen LogP contribution in [0.2, 0.25) is 0 Å². The SMILES string of the molecule is CN([C]=O)C(CCC(=O)O)C(=O)O. The minimum atomic E-state index is -1.23. The van der Waals surface area contributed by atoms with Crippen molar-refractivity contribution >= 4 is 18.3 Å². The molecule has 0 aromatic rings. The molecule has 0 aliphatic carbocycles. The Bertz CT molecular complexity index is 215. The summed E-state index contributed by atoms with van der Waals surface area (Å²) in [5.41, 5.74) is 0. The Balaban J connectivity index is 4.18. The van der Waals surface area contributed by atoms with Crippen molar-refractivity contribution in [2.75, 3.05) is 7.05 Å². The molecule has 0 rings (SSSR count). The van der Waals surface area contributed by atoms with Crippen LogP contribution in [0.5, 0.6) is 0 Å². The maximum absolute atomic E-state index is 10.5. The number of aliphatic carboxylic acids is 2. The van der Waals surface area contributed by atoms with Gasteiger partial charge in [-0.25, -0.2) is 4.79 Å². The van der Waals surface area contributed by atoms with Crippen LogP contribution in [0.4, 0.5) is 0 Å². The summed E-state index contributed by atoms with van der Waals surface area (Å²) in [4.78, 5) is 31.5. The molecule has 0 fully saturated rings. The molecule has 0 aliphatic rings. The number of carbonyl (C=O) groups is 2. The molecule has 0 spiro atoms. The Morgan fingerprint density at radius 2 is 2.00 bits per heavy atom. The number of likely N-dealkylation sites (N-methyl/N-ethyl adjacent to an activating group) is 1. The highest BCUT2D eigenvalue weighted by Crippen LogP contribution is 2.03. The van der Waals surface area contributed by atoms with E-state index >= 15 is 0 Å². The second-order valence-electron chi connectivity index (χ2n) is 2.49. The monoisotopic (exact) mass is 188 g/mol. The van der Waals surface area contributed by atoms with Gasteiger partial charge in [0, 0.05) is 13.5 Å². The van der Waals surface area contributed by atoms with Crippen molar-refractivity contribution in [3.63, 3.8) is 0 Å². The summed E-state index contributed by atoms with van der Waals surface area (Å²) in [5, 5.41) is 16.9. The summed E-state index contributed by atoms with van der Waals surface area (Å²) in [6, 6.07) is -1.12. The van der Waals surface area contributed by atoms with E-state index in [1.807, 2.05) is 0 Å². The van der Waals surface area contributed by atoms with Crippen LogP contribution >= 0.6 is 0 Å². The van der Waals surface area contributed by atoms with Gasteiger partial charge in [-0.3, -0.25) is 9.59 Å². The average molecular weight is 188 g/mol. The molecule has 1 amide bonds. The van der Waals surface area contributed by atoms with Gasteiger partial charge in [0.15, 0.2) is 0 Å². The average Bonchev–Trinajstić information content (AvgIpc) is 2.03. The lowest BCUT2D eigenvalue weighted by molar-refractivity contribution is -0.142. The number of hydrogen-bond acceptors (Lipinski definition) is 3. The van der Waals surface area contributed by atoms with Gasteiger partial charge in [0.25, 0.3) is 0 Å². The molecule has 1 atom stereocenters. The van der Waals surface area contributed by atoms with Crippen molar-refractivity contribution in [1.29, 1.82) is 0 Å². The number of nitrogens with zero attached hydrogens (tertiary/aromatic N) is 1. The summed E-state index contributed by atoms with van der Waals surface area (Å²) in [7, 11) is 1.24. The van der Waals surface area contributed by atoms with E-state index in [4.69, 9.17) is 10.2 Å². The molecular weight excluding hydrogens is 178 g/mol. The molecule has 1 unspecified atom stereocenters. The van der Waals surface area contributed by atoms with Crippen molar-refractivity contribution in [2.45, 2.75) is 18.9 Å². The topological polar surface area (TPSA) is 94.9 Å². The van der Waals surface area contributed by atoms with E-state index in [0.717, 1.165) is 4.90 Å². The van der Waals surface area contributed by atoms with Crippen molar-refractivity contribution in [3.8, 4) is 0 Å². The van der Waals surface area contributed by atoms with Crippen molar-refractivity contribution < 1.29 is 24.6 Å². The second-order valence-corrected chi connectivity index (χ2v) is 2.49. The number of carbonyl (C=O) groups excluding carboxylic acids is 1. The lowest BCUT2D eigenvalue weighted by Gasteiger charge is -2.18. The predicted octanol–water partition coefficient (Wildman–Crippen LogP) is -0.697. The molecule has 1 radical (unpaired) electrons. The lowest BCUT2D eigenvalue weighted by atomic mass is 10.1. The van der Waals surface area contributed by atoms with Crippen LogP contribution in [0.15, 0.2) is 0 Å². The van der Waals surface area contributed by atoms with E-state index in [-0.39, 0.29) is 12.8 Å². The summed E-state index contributed by atoms with van der Waals surface area (Å²) in [5.74, 6) is -2.32. The molecule has 0 aliphatic heterocycles. The Morgan fingerprint density at radius 3 is 2.31 bits per heavy atom. The first kappa shape index (κ1) is 11.4. The predicted molar refractivity (Wildman–Crippen MR) is 41.8 cm³/mol. The molecule has 13 heavy (non-hydrogen) atoms. The van der Waals surface area contributed by atoms with Crippen LogP contribution in [0.1, 0.15) is 12.8 Å². The van der Waals surface area contributed by atoms with E-state index in [9.17, 15) is 14.4 Å². The van der Waals surface area contributed by atoms with Gasteiger partial charge in [0.1, 0.15) is 6.04 Å². The van der Waals surface area contributed by atoms with Crippen LogP contribution in [-0.4, -0.2) is 46.6 Å². The number of carboxylic acids is 2. The maximum atomic E-state index is 10.5. The first-order valence-corrected chi connectivity index (χ1v) is 3.54. The zero-order valence-corrected chi connectivity index (χ0v) is 7.06. The third kappa shape index (κ3) is 4.09. The summed E-state index contributed by atoms with van der Waals surface area (Å²) in [6.45, 7) is 0. The Hall–Kier alpha value is -1.59. The third-order valence-corrected chi connectivity index (χ3v) is 1.53. The lowest BCUT2D eigenvalue weighted by Crippen LogP contribution is -2.37. The molecule has 0 aromatic carbocycles. The molecule has 6 nitrogen and oxygen atoms in total. The van der Waals surface area contributed by atoms with Gasteiger partial charge in [-0.1, -0.05) is 0 Å². The normalized spacial score (nSPS) is 11.8. The fourth-order valence-electron chi connectivity index (χ4n) is 0.807. The van der Waals surface area contributed by atoms with Crippen LogP contribution in [0, 0.1) is 0 Å². The van der Waals surface area contributed by atoms with E-state index in [1.165, 1.54) is 13.5 Å². The summed E-state index contributed by atoms with van der Waals surface area (Å²) < 4.78 is 0. The van der Waals surface area contributed by atoms with E-state index in [1.54, 1.807) is 0 Å². The fourth-order valence-corrected chi connectivity index (χ4v) is 0.807. The number of amides is 1.